The van der Waals surface area contributed by atoms with Crippen LogP contribution in [-0.2, 0) is 4.74 Å². The number of hydrogen-bond donors (Lipinski definition) is 0. The molecule has 2 rings (SSSR count). The zero-order chi connectivity index (χ0) is 13.0. The summed E-state index contributed by atoms with van der Waals surface area (Å²) in [4.78, 5) is 0. The van der Waals surface area contributed by atoms with Crippen LogP contribution in [0.1, 0.15) is 52.9 Å². The predicted octanol–water partition coefficient (Wildman–Crippen LogP) is 4.61. The third kappa shape index (κ3) is 4.16. The summed E-state index contributed by atoms with van der Waals surface area (Å²) in [7, 11) is 0. The smallest absolute Gasteiger partial charge is 0.0468 e. The van der Waals surface area contributed by atoms with Crippen LogP contribution >= 0.6 is 11.8 Å². The zero-order valence-electron chi connectivity index (χ0n) is 12.4. The van der Waals surface area contributed by atoms with Crippen molar-refractivity contribution in [2.75, 3.05) is 19.0 Å². The van der Waals surface area contributed by atoms with Gasteiger partial charge in [-0.1, -0.05) is 20.8 Å². The molecule has 0 aromatic heterocycles. The molecule has 0 radical (unpaired) electrons. The summed E-state index contributed by atoms with van der Waals surface area (Å²) in [6, 6.07) is 0. The van der Waals surface area contributed by atoms with Crippen LogP contribution in [-0.4, -0.2) is 24.2 Å². The Morgan fingerprint density at radius 2 is 1.78 bits per heavy atom. The fourth-order valence-electron chi connectivity index (χ4n) is 3.57. The minimum absolute atomic E-state index is 0.881. The van der Waals surface area contributed by atoms with Gasteiger partial charge in [0.05, 0.1) is 0 Å². The van der Waals surface area contributed by atoms with Gasteiger partial charge in [-0.05, 0) is 61.5 Å². The van der Waals surface area contributed by atoms with E-state index in [4.69, 9.17) is 4.74 Å². The Balaban J connectivity index is 1.77. The van der Waals surface area contributed by atoms with Crippen molar-refractivity contribution in [1.29, 1.82) is 0 Å². The lowest BCUT2D eigenvalue weighted by Crippen LogP contribution is -2.27. The molecule has 0 aromatic rings. The second kappa shape index (κ2) is 7.19. The Bertz CT molecular complexity index is 235. The lowest BCUT2D eigenvalue weighted by atomic mass is 9.81. The first kappa shape index (κ1) is 14.7. The lowest BCUT2D eigenvalue weighted by Gasteiger charge is -2.35. The number of ether oxygens (including phenoxy) is 1. The summed E-state index contributed by atoms with van der Waals surface area (Å²) in [6.07, 6.45) is 6.96. The molecule has 0 amide bonds. The molecule has 106 valence electrons. The predicted molar refractivity (Wildman–Crippen MR) is 81.1 cm³/mol. The number of rotatable bonds is 4. The van der Waals surface area contributed by atoms with Crippen LogP contribution in [0.2, 0.25) is 0 Å². The fraction of sp³-hybridized carbons (Fsp3) is 1.00. The van der Waals surface area contributed by atoms with Crippen molar-refractivity contribution in [3.63, 3.8) is 0 Å². The van der Waals surface area contributed by atoms with Gasteiger partial charge in [-0.3, -0.25) is 0 Å². The molecule has 1 nitrogen and oxygen atoms in total. The molecule has 2 aliphatic heterocycles. The molecule has 0 saturated carbocycles. The second-order valence-corrected chi connectivity index (χ2v) is 8.09. The summed E-state index contributed by atoms with van der Waals surface area (Å²) < 4.78 is 5.48. The van der Waals surface area contributed by atoms with E-state index < -0.39 is 0 Å². The molecule has 2 saturated heterocycles. The fourth-order valence-corrected chi connectivity index (χ4v) is 5.17. The first-order valence-electron chi connectivity index (χ1n) is 7.86. The van der Waals surface area contributed by atoms with Crippen LogP contribution in [0.4, 0.5) is 0 Å². The summed E-state index contributed by atoms with van der Waals surface area (Å²) in [5, 5.41) is 0.934. The van der Waals surface area contributed by atoms with E-state index in [1.165, 1.54) is 37.9 Å². The maximum atomic E-state index is 5.48. The van der Waals surface area contributed by atoms with E-state index in [0.29, 0.717) is 0 Å². The molecule has 18 heavy (non-hydrogen) atoms. The standard InChI is InChI=1S/C16H30OS/c1-12(2)15-6-9-18-16(11-15)10-13(3)14-4-7-17-8-5-14/h12-16H,4-11H2,1-3H3. The van der Waals surface area contributed by atoms with E-state index in [1.54, 1.807) is 0 Å². The maximum Gasteiger partial charge on any atom is 0.0468 e. The zero-order valence-corrected chi connectivity index (χ0v) is 13.2. The van der Waals surface area contributed by atoms with Gasteiger partial charge in [0, 0.05) is 18.5 Å². The van der Waals surface area contributed by atoms with Crippen molar-refractivity contribution < 1.29 is 4.74 Å². The Morgan fingerprint density at radius 1 is 1.06 bits per heavy atom. The average molecular weight is 270 g/mol. The summed E-state index contributed by atoms with van der Waals surface area (Å²) in [6.45, 7) is 9.29. The molecule has 0 aliphatic carbocycles. The van der Waals surface area contributed by atoms with Gasteiger partial charge < -0.3 is 4.74 Å². The van der Waals surface area contributed by atoms with Crippen molar-refractivity contribution >= 4 is 11.8 Å². The minimum atomic E-state index is 0.881. The highest BCUT2D eigenvalue weighted by Crippen LogP contribution is 2.39. The quantitative estimate of drug-likeness (QED) is 0.738. The van der Waals surface area contributed by atoms with Crippen molar-refractivity contribution in [2.45, 2.75) is 58.1 Å². The van der Waals surface area contributed by atoms with E-state index in [-0.39, 0.29) is 0 Å². The summed E-state index contributed by atoms with van der Waals surface area (Å²) in [5.74, 6) is 5.09. The highest BCUT2D eigenvalue weighted by atomic mass is 32.2. The largest absolute Gasteiger partial charge is 0.381 e. The Hall–Kier alpha value is 0.310. The molecule has 3 unspecified atom stereocenters. The Morgan fingerprint density at radius 3 is 2.44 bits per heavy atom. The molecule has 0 spiro atoms. The number of hydrogen-bond acceptors (Lipinski definition) is 2. The van der Waals surface area contributed by atoms with E-state index in [9.17, 15) is 0 Å². The molecule has 2 heterocycles. The van der Waals surface area contributed by atoms with E-state index in [1.807, 2.05) is 0 Å². The molecular formula is C16H30OS. The highest BCUT2D eigenvalue weighted by Gasteiger charge is 2.28. The normalized spacial score (nSPS) is 32.7. The topological polar surface area (TPSA) is 9.23 Å². The lowest BCUT2D eigenvalue weighted by molar-refractivity contribution is 0.0476. The van der Waals surface area contributed by atoms with Gasteiger partial charge in [0.15, 0.2) is 0 Å². The van der Waals surface area contributed by atoms with Gasteiger partial charge in [-0.25, -0.2) is 0 Å². The van der Waals surface area contributed by atoms with Crippen LogP contribution in [0.5, 0.6) is 0 Å². The Labute approximate surface area is 117 Å². The summed E-state index contributed by atoms with van der Waals surface area (Å²) in [5.41, 5.74) is 0. The van der Waals surface area contributed by atoms with Crippen LogP contribution in [0.3, 0.4) is 0 Å². The van der Waals surface area contributed by atoms with Gasteiger partial charge >= 0.3 is 0 Å². The van der Waals surface area contributed by atoms with E-state index >= 15 is 0 Å². The third-order valence-electron chi connectivity index (χ3n) is 5.06. The monoisotopic (exact) mass is 270 g/mol. The van der Waals surface area contributed by atoms with Gasteiger partial charge in [-0.2, -0.15) is 11.8 Å². The maximum absolute atomic E-state index is 5.48. The van der Waals surface area contributed by atoms with Crippen LogP contribution in [0.25, 0.3) is 0 Å². The molecule has 0 bridgehead atoms. The molecule has 0 aromatic carbocycles. The van der Waals surface area contributed by atoms with Crippen molar-refractivity contribution in [1.82, 2.24) is 0 Å². The average Bonchev–Trinajstić information content (AvgIpc) is 2.40. The van der Waals surface area contributed by atoms with Crippen molar-refractivity contribution in [3.05, 3.63) is 0 Å². The highest BCUT2D eigenvalue weighted by molar-refractivity contribution is 7.99. The minimum Gasteiger partial charge on any atom is -0.381 e. The molecule has 2 aliphatic rings. The Kier molecular flexibility index (Phi) is 5.88. The van der Waals surface area contributed by atoms with E-state index in [2.05, 4.69) is 32.5 Å². The van der Waals surface area contributed by atoms with Crippen molar-refractivity contribution in [2.24, 2.45) is 23.7 Å². The van der Waals surface area contributed by atoms with Gasteiger partial charge in [-0.15, -0.1) is 0 Å². The molecule has 0 N–H and O–H groups in total. The van der Waals surface area contributed by atoms with Gasteiger partial charge in [0.2, 0.25) is 0 Å². The van der Waals surface area contributed by atoms with Crippen LogP contribution in [0, 0.1) is 23.7 Å². The van der Waals surface area contributed by atoms with Crippen LogP contribution < -0.4 is 0 Å². The molecule has 3 atom stereocenters. The first-order chi connectivity index (χ1) is 8.66. The first-order valence-corrected chi connectivity index (χ1v) is 8.91. The van der Waals surface area contributed by atoms with Gasteiger partial charge in [0.1, 0.15) is 0 Å². The number of thioether (sulfide) groups is 1. The molecule has 2 heteroatoms. The third-order valence-corrected chi connectivity index (χ3v) is 6.38. The van der Waals surface area contributed by atoms with Gasteiger partial charge in [0.25, 0.3) is 0 Å². The van der Waals surface area contributed by atoms with Crippen molar-refractivity contribution in [3.8, 4) is 0 Å². The summed E-state index contributed by atoms with van der Waals surface area (Å²) >= 11 is 2.25. The second-order valence-electron chi connectivity index (χ2n) is 6.68. The van der Waals surface area contributed by atoms with E-state index in [0.717, 1.165) is 42.1 Å². The van der Waals surface area contributed by atoms with Crippen LogP contribution in [0.15, 0.2) is 0 Å². The molecule has 2 fully saturated rings. The molecular weight excluding hydrogens is 240 g/mol. The SMILES string of the molecule is CC(C)C1CCSC(CC(C)C2CCOCC2)C1.